The van der Waals surface area contributed by atoms with E-state index in [1.807, 2.05) is 0 Å². The summed E-state index contributed by atoms with van der Waals surface area (Å²) in [5, 5.41) is 3.17. The molecule has 92 valence electrons. The van der Waals surface area contributed by atoms with E-state index in [1.54, 1.807) is 0 Å². The zero-order chi connectivity index (χ0) is 11.4. The van der Waals surface area contributed by atoms with Crippen LogP contribution in [0.3, 0.4) is 0 Å². The molecule has 1 unspecified atom stereocenters. The van der Waals surface area contributed by atoms with Gasteiger partial charge in [0.05, 0.1) is 6.54 Å². The standard InChI is InChI=1S/C12H23N3O/c1-14-6-2-4-11(9-14)10-15-7-3-5-13-8-12(15)16/h11,13H,2-10H2,1H3. The first-order valence-electron chi connectivity index (χ1n) is 6.43. The van der Waals surface area contributed by atoms with E-state index in [0.717, 1.165) is 32.6 Å². The summed E-state index contributed by atoms with van der Waals surface area (Å²) in [4.78, 5) is 16.3. The van der Waals surface area contributed by atoms with Crippen LogP contribution in [-0.4, -0.2) is 62.0 Å². The summed E-state index contributed by atoms with van der Waals surface area (Å²) in [6.07, 6.45) is 3.65. The second-order valence-corrected chi connectivity index (χ2v) is 5.14. The van der Waals surface area contributed by atoms with Gasteiger partial charge in [0.2, 0.25) is 5.91 Å². The van der Waals surface area contributed by atoms with E-state index in [4.69, 9.17) is 0 Å². The van der Waals surface area contributed by atoms with Gasteiger partial charge in [-0.25, -0.2) is 0 Å². The normalized spacial score (nSPS) is 29.2. The van der Waals surface area contributed by atoms with Crippen molar-refractivity contribution < 1.29 is 4.79 Å². The fraction of sp³-hybridized carbons (Fsp3) is 0.917. The molecule has 1 N–H and O–H groups in total. The van der Waals surface area contributed by atoms with E-state index in [2.05, 4.69) is 22.2 Å². The predicted molar refractivity (Wildman–Crippen MR) is 64.3 cm³/mol. The highest BCUT2D eigenvalue weighted by Gasteiger charge is 2.23. The molecule has 0 aromatic rings. The van der Waals surface area contributed by atoms with E-state index in [9.17, 15) is 4.79 Å². The van der Waals surface area contributed by atoms with E-state index in [1.165, 1.54) is 19.4 Å². The maximum absolute atomic E-state index is 11.8. The molecule has 0 saturated carbocycles. The summed E-state index contributed by atoms with van der Waals surface area (Å²) in [6, 6.07) is 0. The van der Waals surface area contributed by atoms with Gasteiger partial charge < -0.3 is 15.1 Å². The minimum atomic E-state index is 0.283. The largest absolute Gasteiger partial charge is 0.341 e. The van der Waals surface area contributed by atoms with Gasteiger partial charge in [-0.05, 0) is 45.3 Å². The van der Waals surface area contributed by atoms with Gasteiger partial charge in [-0.1, -0.05) is 0 Å². The fourth-order valence-electron chi connectivity index (χ4n) is 2.75. The van der Waals surface area contributed by atoms with E-state index in [-0.39, 0.29) is 5.91 Å². The highest BCUT2D eigenvalue weighted by Crippen LogP contribution is 2.16. The van der Waals surface area contributed by atoms with Crippen LogP contribution in [0.1, 0.15) is 19.3 Å². The Balaban J connectivity index is 1.84. The topological polar surface area (TPSA) is 35.6 Å². The molecule has 2 saturated heterocycles. The first-order valence-corrected chi connectivity index (χ1v) is 6.43. The lowest BCUT2D eigenvalue weighted by molar-refractivity contribution is -0.130. The van der Waals surface area contributed by atoms with Gasteiger partial charge in [-0.15, -0.1) is 0 Å². The molecule has 2 fully saturated rings. The molecule has 0 aromatic heterocycles. The Morgan fingerprint density at radius 1 is 1.38 bits per heavy atom. The monoisotopic (exact) mass is 225 g/mol. The van der Waals surface area contributed by atoms with Gasteiger partial charge in [-0.2, -0.15) is 0 Å². The average molecular weight is 225 g/mol. The number of piperidine rings is 1. The number of likely N-dealkylation sites (tertiary alicyclic amines) is 1. The van der Waals surface area contributed by atoms with Crippen LogP contribution in [0.25, 0.3) is 0 Å². The SMILES string of the molecule is CN1CCCC(CN2CCCNCC2=O)C1. The lowest BCUT2D eigenvalue weighted by Crippen LogP contribution is -2.43. The molecule has 2 aliphatic rings. The quantitative estimate of drug-likeness (QED) is 0.726. The Morgan fingerprint density at radius 2 is 2.25 bits per heavy atom. The number of rotatable bonds is 2. The zero-order valence-corrected chi connectivity index (χ0v) is 10.2. The van der Waals surface area contributed by atoms with Crippen LogP contribution in [0, 0.1) is 5.92 Å². The van der Waals surface area contributed by atoms with Crippen LogP contribution in [0.15, 0.2) is 0 Å². The average Bonchev–Trinajstić information content (AvgIpc) is 2.45. The van der Waals surface area contributed by atoms with Crippen molar-refractivity contribution in [2.45, 2.75) is 19.3 Å². The van der Waals surface area contributed by atoms with Crippen molar-refractivity contribution in [2.24, 2.45) is 5.92 Å². The number of hydrogen-bond donors (Lipinski definition) is 1. The minimum Gasteiger partial charge on any atom is -0.341 e. The first-order chi connectivity index (χ1) is 7.75. The first kappa shape index (κ1) is 11.9. The summed E-state index contributed by atoms with van der Waals surface area (Å²) < 4.78 is 0. The Kier molecular flexibility index (Phi) is 4.18. The van der Waals surface area contributed by atoms with Crippen molar-refractivity contribution in [2.75, 3.05) is 46.3 Å². The molecule has 0 radical (unpaired) electrons. The molecular weight excluding hydrogens is 202 g/mol. The highest BCUT2D eigenvalue weighted by molar-refractivity contribution is 5.78. The number of hydrogen-bond acceptors (Lipinski definition) is 3. The van der Waals surface area contributed by atoms with E-state index in [0.29, 0.717) is 12.5 Å². The van der Waals surface area contributed by atoms with Crippen molar-refractivity contribution in [3.05, 3.63) is 0 Å². The van der Waals surface area contributed by atoms with Crippen LogP contribution in [0.2, 0.25) is 0 Å². The van der Waals surface area contributed by atoms with Gasteiger partial charge in [0.25, 0.3) is 0 Å². The van der Waals surface area contributed by atoms with E-state index >= 15 is 0 Å². The van der Waals surface area contributed by atoms with Gasteiger partial charge in [0.15, 0.2) is 0 Å². The number of nitrogens with one attached hydrogen (secondary N) is 1. The zero-order valence-electron chi connectivity index (χ0n) is 10.2. The molecule has 2 aliphatic heterocycles. The van der Waals surface area contributed by atoms with Crippen molar-refractivity contribution in [1.82, 2.24) is 15.1 Å². The van der Waals surface area contributed by atoms with Crippen LogP contribution in [-0.2, 0) is 4.79 Å². The third-order valence-electron chi connectivity index (χ3n) is 3.61. The molecule has 4 heteroatoms. The minimum absolute atomic E-state index is 0.283. The smallest absolute Gasteiger partial charge is 0.236 e. The molecule has 2 rings (SSSR count). The van der Waals surface area contributed by atoms with Gasteiger partial charge in [0, 0.05) is 19.6 Å². The van der Waals surface area contributed by atoms with Crippen molar-refractivity contribution in [3.63, 3.8) is 0 Å². The number of carbonyl (C=O) groups is 1. The van der Waals surface area contributed by atoms with Gasteiger partial charge in [0.1, 0.15) is 0 Å². The van der Waals surface area contributed by atoms with Crippen LogP contribution in [0.5, 0.6) is 0 Å². The summed E-state index contributed by atoms with van der Waals surface area (Å²) in [7, 11) is 2.18. The Labute approximate surface area is 98.0 Å². The maximum Gasteiger partial charge on any atom is 0.236 e. The van der Waals surface area contributed by atoms with Gasteiger partial charge in [-0.3, -0.25) is 4.79 Å². The molecule has 16 heavy (non-hydrogen) atoms. The number of carbonyl (C=O) groups excluding carboxylic acids is 1. The van der Waals surface area contributed by atoms with Crippen LogP contribution < -0.4 is 5.32 Å². The Bertz CT molecular complexity index is 244. The van der Waals surface area contributed by atoms with Crippen molar-refractivity contribution in [1.29, 1.82) is 0 Å². The maximum atomic E-state index is 11.8. The molecular formula is C12H23N3O. The molecule has 1 atom stereocenters. The molecule has 4 nitrogen and oxygen atoms in total. The Morgan fingerprint density at radius 3 is 3.06 bits per heavy atom. The number of amides is 1. The van der Waals surface area contributed by atoms with Crippen molar-refractivity contribution in [3.8, 4) is 0 Å². The summed E-state index contributed by atoms with van der Waals surface area (Å²) in [5.74, 6) is 0.964. The summed E-state index contributed by atoms with van der Waals surface area (Å²) in [5.41, 5.74) is 0. The van der Waals surface area contributed by atoms with Gasteiger partial charge >= 0.3 is 0 Å². The van der Waals surface area contributed by atoms with Crippen LogP contribution >= 0.6 is 0 Å². The van der Waals surface area contributed by atoms with Crippen LogP contribution in [0.4, 0.5) is 0 Å². The summed E-state index contributed by atoms with van der Waals surface area (Å²) >= 11 is 0. The molecule has 1 amide bonds. The highest BCUT2D eigenvalue weighted by atomic mass is 16.2. The number of nitrogens with zero attached hydrogens (tertiary/aromatic N) is 2. The van der Waals surface area contributed by atoms with Crippen molar-refractivity contribution >= 4 is 5.91 Å². The second kappa shape index (κ2) is 5.64. The lowest BCUT2D eigenvalue weighted by Gasteiger charge is -2.33. The van der Waals surface area contributed by atoms with E-state index < -0.39 is 0 Å². The molecule has 0 spiro atoms. The molecule has 0 aromatic carbocycles. The molecule has 0 aliphatic carbocycles. The third-order valence-corrected chi connectivity index (χ3v) is 3.61. The summed E-state index contributed by atoms with van der Waals surface area (Å²) in [6.45, 7) is 5.77. The third kappa shape index (κ3) is 3.19. The second-order valence-electron chi connectivity index (χ2n) is 5.14. The predicted octanol–water partition coefficient (Wildman–Crippen LogP) is 0.150. The molecule has 0 bridgehead atoms. The fourth-order valence-corrected chi connectivity index (χ4v) is 2.75. The Hall–Kier alpha value is -0.610. The molecule has 2 heterocycles. The lowest BCUT2D eigenvalue weighted by atomic mass is 9.98.